The first-order valence-corrected chi connectivity index (χ1v) is 9.07. The highest BCUT2D eigenvalue weighted by atomic mass is 35.5. The maximum atomic E-state index is 13.4. The SMILES string of the molecule is O=C(Nc1ccsc1-c1nc(-c2ccc(F)c(F)c2)no1)c1ccc(Cl)nc1. The average molecular weight is 419 g/mol. The normalized spacial score (nSPS) is 10.8. The molecule has 0 saturated heterocycles. The highest BCUT2D eigenvalue weighted by molar-refractivity contribution is 7.14. The van der Waals surface area contributed by atoms with E-state index in [0.717, 1.165) is 12.1 Å². The number of hydrogen-bond donors (Lipinski definition) is 1. The van der Waals surface area contributed by atoms with E-state index in [1.807, 2.05) is 0 Å². The second-order valence-corrected chi connectivity index (χ2v) is 6.84. The molecule has 1 N–H and O–H groups in total. The van der Waals surface area contributed by atoms with Crippen molar-refractivity contribution in [1.82, 2.24) is 15.1 Å². The summed E-state index contributed by atoms with van der Waals surface area (Å²) in [6.45, 7) is 0. The molecular weight excluding hydrogens is 410 g/mol. The molecular formula is C18H9ClF2N4O2S. The molecule has 4 aromatic rings. The van der Waals surface area contributed by atoms with Gasteiger partial charge in [0.1, 0.15) is 10.0 Å². The van der Waals surface area contributed by atoms with Crippen molar-refractivity contribution in [2.75, 3.05) is 5.32 Å². The molecule has 0 aliphatic carbocycles. The van der Waals surface area contributed by atoms with Gasteiger partial charge in [-0.25, -0.2) is 13.8 Å². The van der Waals surface area contributed by atoms with Crippen molar-refractivity contribution in [3.8, 4) is 22.2 Å². The lowest BCUT2D eigenvalue weighted by atomic mass is 10.2. The molecule has 0 unspecified atom stereocenters. The third-order valence-corrected chi connectivity index (χ3v) is 4.83. The Labute approximate surface area is 165 Å². The van der Waals surface area contributed by atoms with Crippen LogP contribution in [0.1, 0.15) is 10.4 Å². The summed E-state index contributed by atoms with van der Waals surface area (Å²) in [6.07, 6.45) is 1.36. The molecule has 6 nitrogen and oxygen atoms in total. The predicted molar refractivity (Wildman–Crippen MR) is 100 cm³/mol. The molecule has 10 heteroatoms. The number of benzene rings is 1. The Morgan fingerprint density at radius 1 is 1.14 bits per heavy atom. The van der Waals surface area contributed by atoms with Crippen LogP contribution < -0.4 is 5.32 Å². The van der Waals surface area contributed by atoms with E-state index in [1.165, 1.54) is 29.7 Å². The molecule has 0 bridgehead atoms. The lowest BCUT2D eigenvalue weighted by Crippen LogP contribution is -2.12. The van der Waals surface area contributed by atoms with Crippen molar-refractivity contribution >= 4 is 34.5 Å². The zero-order valence-electron chi connectivity index (χ0n) is 13.8. The number of aromatic nitrogens is 3. The molecule has 1 aromatic carbocycles. The first-order valence-electron chi connectivity index (χ1n) is 7.81. The molecule has 0 fully saturated rings. The van der Waals surface area contributed by atoms with Crippen LogP contribution in [-0.2, 0) is 0 Å². The van der Waals surface area contributed by atoms with Crippen molar-refractivity contribution < 1.29 is 18.1 Å². The third-order valence-electron chi connectivity index (χ3n) is 3.70. The maximum absolute atomic E-state index is 13.4. The average Bonchev–Trinajstić information content (AvgIpc) is 3.33. The third kappa shape index (κ3) is 3.62. The summed E-state index contributed by atoms with van der Waals surface area (Å²) < 4.78 is 31.7. The maximum Gasteiger partial charge on any atom is 0.270 e. The number of rotatable bonds is 4. The lowest BCUT2D eigenvalue weighted by molar-refractivity contribution is 0.102. The minimum Gasteiger partial charge on any atom is -0.333 e. The second kappa shape index (κ2) is 7.45. The van der Waals surface area contributed by atoms with Gasteiger partial charge in [0.15, 0.2) is 11.6 Å². The van der Waals surface area contributed by atoms with Crippen LogP contribution in [0.15, 0.2) is 52.5 Å². The predicted octanol–water partition coefficient (Wildman–Crippen LogP) is 5.04. The van der Waals surface area contributed by atoms with Gasteiger partial charge >= 0.3 is 0 Å². The number of thiophene rings is 1. The number of halogens is 3. The van der Waals surface area contributed by atoms with Crippen LogP contribution in [0, 0.1) is 11.6 Å². The Balaban J connectivity index is 1.59. The Bertz CT molecular complexity index is 1160. The summed E-state index contributed by atoms with van der Waals surface area (Å²) in [7, 11) is 0. The number of amides is 1. The van der Waals surface area contributed by atoms with E-state index in [0.29, 0.717) is 16.1 Å². The molecule has 3 heterocycles. The van der Waals surface area contributed by atoms with Gasteiger partial charge in [-0.15, -0.1) is 11.3 Å². The molecule has 0 aliphatic rings. The van der Waals surface area contributed by atoms with Crippen LogP contribution >= 0.6 is 22.9 Å². The van der Waals surface area contributed by atoms with E-state index in [9.17, 15) is 13.6 Å². The van der Waals surface area contributed by atoms with Crippen molar-refractivity contribution in [2.24, 2.45) is 0 Å². The lowest BCUT2D eigenvalue weighted by Gasteiger charge is -2.04. The highest BCUT2D eigenvalue weighted by Crippen LogP contribution is 2.34. The molecule has 3 aromatic heterocycles. The van der Waals surface area contributed by atoms with E-state index < -0.39 is 11.6 Å². The van der Waals surface area contributed by atoms with E-state index in [2.05, 4.69) is 20.4 Å². The molecule has 0 spiro atoms. The van der Waals surface area contributed by atoms with Gasteiger partial charge < -0.3 is 9.84 Å². The van der Waals surface area contributed by atoms with Crippen molar-refractivity contribution in [3.63, 3.8) is 0 Å². The van der Waals surface area contributed by atoms with Crippen molar-refractivity contribution in [3.05, 3.63) is 70.3 Å². The quantitative estimate of drug-likeness (QED) is 0.469. The van der Waals surface area contributed by atoms with E-state index >= 15 is 0 Å². The molecule has 28 heavy (non-hydrogen) atoms. The first kappa shape index (κ1) is 18.2. The molecule has 0 saturated carbocycles. The summed E-state index contributed by atoms with van der Waals surface area (Å²) in [5, 5.41) is 8.56. The van der Waals surface area contributed by atoms with Crippen LogP contribution in [0.5, 0.6) is 0 Å². The van der Waals surface area contributed by atoms with Gasteiger partial charge in [-0.05, 0) is 41.8 Å². The molecule has 0 radical (unpaired) electrons. The summed E-state index contributed by atoms with van der Waals surface area (Å²) in [4.78, 5) is 21.0. The Hall–Kier alpha value is -3.17. The van der Waals surface area contributed by atoms with Crippen LogP contribution in [-0.4, -0.2) is 21.0 Å². The number of carbonyl (C=O) groups excluding carboxylic acids is 1. The van der Waals surface area contributed by atoms with Gasteiger partial charge in [0, 0.05) is 11.8 Å². The largest absolute Gasteiger partial charge is 0.333 e. The fraction of sp³-hybridized carbons (Fsp3) is 0. The van der Waals surface area contributed by atoms with Gasteiger partial charge in [0.2, 0.25) is 5.82 Å². The Kier molecular flexibility index (Phi) is 4.84. The summed E-state index contributed by atoms with van der Waals surface area (Å²) in [5.74, 6) is -2.12. The number of carbonyl (C=O) groups is 1. The number of pyridine rings is 1. The van der Waals surface area contributed by atoms with Gasteiger partial charge in [-0.3, -0.25) is 4.79 Å². The van der Waals surface area contributed by atoms with Crippen molar-refractivity contribution in [1.29, 1.82) is 0 Å². The zero-order chi connectivity index (χ0) is 19.7. The topological polar surface area (TPSA) is 80.9 Å². The number of hydrogen-bond acceptors (Lipinski definition) is 6. The summed E-state index contributed by atoms with van der Waals surface area (Å²) >= 11 is 7.00. The van der Waals surface area contributed by atoms with E-state index in [-0.39, 0.29) is 28.3 Å². The smallest absolute Gasteiger partial charge is 0.270 e. The zero-order valence-corrected chi connectivity index (χ0v) is 15.4. The molecule has 4 rings (SSSR count). The standard InChI is InChI=1S/C18H9ClF2N4O2S/c19-14-4-2-10(8-22-14)17(26)23-13-5-6-28-15(13)18-24-16(25-27-18)9-1-3-11(20)12(21)7-9/h1-8H,(H,23,26). The van der Waals surface area contributed by atoms with Crippen LogP contribution in [0.2, 0.25) is 5.15 Å². The Morgan fingerprint density at radius 2 is 2.00 bits per heavy atom. The van der Waals surface area contributed by atoms with Gasteiger partial charge in [0.05, 0.1) is 11.3 Å². The van der Waals surface area contributed by atoms with E-state index in [1.54, 1.807) is 17.5 Å². The van der Waals surface area contributed by atoms with Gasteiger partial charge in [0.25, 0.3) is 11.8 Å². The molecule has 0 atom stereocenters. The van der Waals surface area contributed by atoms with Crippen LogP contribution in [0.4, 0.5) is 14.5 Å². The van der Waals surface area contributed by atoms with Crippen LogP contribution in [0.3, 0.4) is 0 Å². The number of nitrogens with zero attached hydrogens (tertiary/aromatic N) is 3. The van der Waals surface area contributed by atoms with Crippen molar-refractivity contribution in [2.45, 2.75) is 0 Å². The fourth-order valence-electron chi connectivity index (χ4n) is 2.35. The molecule has 1 amide bonds. The Morgan fingerprint density at radius 3 is 2.75 bits per heavy atom. The number of nitrogens with one attached hydrogen (secondary N) is 1. The first-order chi connectivity index (χ1) is 13.5. The molecule has 140 valence electrons. The summed E-state index contributed by atoms with van der Waals surface area (Å²) in [5.41, 5.74) is 1.06. The van der Waals surface area contributed by atoms with E-state index in [4.69, 9.17) is 16.1 Å². The monoisotopic (exact) mass is 418 g/mol. The van der Waals surface area contributed by atoms with Gasteiger partial charge in [-0.1, -0.05) is 16.8 Å². The minimum atomic E-state index is -1.01. The summed E-state index contributed by atoms with van der Waals surface area (Å²) in [6, 6.07) is 8.05. The second-order valence-electron chi connectivity index (χ2n) is 5.54. The number of anilines is 1. The minimum absolute atomic E-state index is 0.0986. The highest BCUT2D eigenvalue weighted by Gasteiger charge is 2.18. The molecule has 0 aliphatic heterocycles. The van der Waals surface area contributed by atoms with Gasteiger partial charge in [-0.2, -0.15) is 4.98 Å². The van der Waals surface area contributed by atoms with Crippen LogP contribution in [0.25, 0.3) is 22.2 Å². The fourth-order valence-corrected chi connectivity index (χ4v) is 3.23.